The summed E-state index contributed by atoms with van der Waals surface area (Å²) in [5.74, 6) is -0.709. The lowest BCUT2D eigenvalue weighted by molar-refractivity contribution is -0.303. The van der Waals surface area contributed by atoms with E-state index in [1.54, 1.807) is 0 Å². The highest BCUT2D eigenvalue weighted by atomic mass is 16.7. The van der Waals surface area contributed by atoms with E-state index in [-0.39, 0.29) is 12.8 Å². The van der Waals surface area contributed by atoms with Crippen molar-refractivity contribution in [3.63, 3.8) is 0 Å². The maximum absolute atomic E-state index is 13.1. The molecule has 8 N–H and O–H groups in total. The van der Waals surface area contributed by atoms with Crippen LogP contribution in [0.1, 0.15) is 245 Å². The molecule has 1 aliphatic rings. The molecule has 1 fully saturated rings. The number of ether oxygens (including phenoxy) is 2. The van der Waals surface area contributed by atoms with Gasteiger partial charge in [0.15, 0.2) is 6.29 Å². The van der Waals surface area contributed by atoms with Crippen LogP contribution < -0.4 is 5.32 Å². The van der Waals surface area contributed by atoms with Gasteiger partial charge in [-0.2, -0.15) is 0 Å². The molecule has 0 saturated carbocycles. The van der Waals surface area contributed by atoms with Gasteiger partial charge in [0.2, 0.25) is 5.91 Å². The molecule has 0 aromatic carbocycles. The summed E-state index contributed by atoms with van der Waals surface area (Å²) in [5, 5.41) is 75.9. The number of carbonyl (C=O) groups excluding carboxylic acids is 1. The largest absolute Gasteiger partial charge is 0.394 e. The molecule has 0 aromatic heterocycles. The van der Waals surface area contributed by atoms with Gasteiger partial charge in [-0.05, 0) is 64.2 Å². The molecule has 9 atom stereocenters. The van der Waals surface area contributed by atoms with E-state index in [4.69, 9.17) is 9.47 Å². The van der Waals surface area contributed by atoms with Crippen LogP contribution in [-0.2, 0) is 14.3 Å². The number of nitrogens with one attached hydrogen (secondary N) is 1. The van der Waals surface area contributed by atoms with Gasteiger partial charge in [0.05, 0.1) is 25.4 Å². The van der Waals surface area contributed by atoms with Crippen LogP contribution in [-0.4, -0.2) is 110 Å². The molecule has 65 heavy (non-hydrogen) atoms. The van der Waals surface area contributed by atoms with Crippen molar-refractivity contribution in [1.82, 2.24) is 5.32 Å². The first-order chi connectivity index (χ1) is 31.7. The Labute approximate surface area is 397 Å². The quantitative estimate of drug-likeness (QED) is 0.0216. The van der Waals surface area contributed by atoms with Crippen molar-refractivity contribution in [2.24, 2.45) is 0 Å². The second-order valence-corrected chi connectivity index (χ2v) is 19.3. The minimum absolute atomic E-state index is 0.248. The first kappa shape index (κ1) is 61.6. The maximum atomic E-state index is 13.1. The summed E-state index contributed by atoms with van der Waals surface area (Å²) in [6.07, 6.45) is 39.4. The van der Waals surface area contributed by atoms with Gasteiger partial charge in [-0.1, -0.05) is 205 Å². The Morgan fingerprint density at radius 1 is 0.523 bits per heavy atom. The molecule has 0 radical (unpaired) electrons. The van der Waals surface area contributed by atoms with Gasteiger partial charge in [-0.15, -0.1) is 0 Å². The van der Waals surface area contributed by atoms with E-state index in [9.17, 15) is 40.5 Å². The van der Waals surface area contributed by atoms with Crippen LogP contribution in [0.2, 0.25) is 0 Å². The third-order valence-electron chi connectivity index (χ3n) is 13.2. The second-order valence-electron chi connectivity index (χ2n) is 19.3. The molecular weight excluding hydrogens is 823 g/mol. The van der Waals surface area contributed by atoms with Gasteiger partial charge in [0, 0.05) is 0 Å². The molecule has 1 rings (SSSR count). The number of unbranched alkanes of at least 4 members (excludes halogenated alkanes) is 30. The minimum atomic E-state index is -1.67. The lowest BCUT2D eigenvalue weighted by atomic mass is 9.98. The molecule has 384 valence electrons. The smallest absolute Gasteiger partial charge is 0.249 e. The highest BCUT2D eigenvalue weighted by Gasteiger charge is 2.44. The Morgan fingerprint density at radius 2 is 0.908 bits per heavy atom. The summed E-state index contributed by atoms with van der Waals surface area (Å²) in [6, 6.07) is -1.19. The number of aliphatic hydroxyl groups excluding tert-OH is 7. The van der Waals surface area contributed by atoms with Gasteiger partial charge >= 0.3 is 0 Å². The molecule has 1 heterocycles. The molecule has 11 heteroatoms. The normalized spacial score (nSPS) is 21.0. The molecule has 1 amide bonds. The molecule has 0 aromatic rings. The summed E-state index contributed by atoms with van der Waals surface area (Å²) >= 11 is 0. The van der Waals surface area contributed by atoms with E-state index in [0.29, 0.717) is 12.8 Å². The van der Waals surface area contributed by atoms with Crippen LogP contribution in [0.15, 0.2) is 24.3 Å². The van der Waals surface area contributed by atoms with Crippen molar-refractivity contribution in [1.29, 1.82) is 0 Å². The minimum Gasteiger partial charge on any atom is -0.394 e. The fourth-order valence-electron chi connectivity index (χ4n) is 8.73. The third kappa shape index (κ3) is 32.9. The van der Waals surface area contributed by atoms with Gasteiger partial charge < -0.3 is 50.5 Å². The number of allylic oxidation sites excluding steroid dienone is 4. The number of aliphatic hydroxyl groups is 7. The zero-order valence-corrected chi connectivity index (χ0v) is 41.7. The van der Waals surface area contributed by atoms with E-state index in [0.717, 1.165) is 57.8 Å². The van der Waals surface area contributed by atoms with E-state index >= 15 is 0 Å². The Kier molecular flexibility index (Phi) is 41.6. The Morgan fingerprint density at radius 3 is 1.32 bits per heavy atom. The number of amides is 1. The molecule has 1 aliphatic heterocycles. The fraction of sp³-hybridized carbons (Fsp3) is 0.907. The van der Waals surface area contributed by atoms with E-state index < -0.39 is 74.2 Å². The van der Waals surface area contributed by atoms with Crippen molar-refractivity contribution >= 4 is 5.91 Å². The average Bonchev–Trinajstić information content (AvgIpc) is 3.31. The van der Waals surface area contributed by atoms with E-state index in [1.165, 1.54) is 148 Å². The van der Waals surface area contributed by atoms with Crippen molar-refractivity contribution < 1.29 is 50.0 Å². The standard InChI is InChI=1S/C54H103NO10/c1-3-5-7-9-11-13-15-17-19-21-22-23-24-26-28-30-32-34-36-38-40-42-47(58)53(63)55-45(44-64-54-52(62)51(61)50(60)48(43-56)65-54)49(59)46(57)41-39-37-35-33-31-29-27-25-20-18-16-14-12-10-8-6-4-2/h24,26,33,35,45-52,54,56-62H,3-23,25,27-32,34,36-44H2,1-2H3,(H,55,63)/b26-24-,35-33+. The Balaban J connectivity index is 2.38. The Hall–Kier alpha value is -1.41. The molecule has 0 spiro atoms. The van der Waals surface area contributed by atoms with Crippen LogP contribution in [0.4, 0.5) is 0 Å². The van der Waals surface area contributed by atoms with Crippen LogP contribution in [0.25, 0.3) is 0 Å². The molecule has 9 unspecified atom stereocenters. The van der Waals surface area contributed by atoms with Crippen molar-refractivity contribution in [3.8, 4) is 0 Å². The van der Waals surface area contributed by atoms with Crippen molar-refractivity contribution in [3.05, 3.63) is 24.3 Å². The number of hydrogen-bond acceptors (Lipinski definition) is 10. The monoisotopic (exact) mass is 926 g/mol. The number of rotatable bonds is 46. The molecule has 11 nitrogen and oxygen atoms in total. The first-order valence-corrected chi connectivity index (χ1v) is 27.2. The summed E-state index contributed by atoms with van der Waals surface area (Å²) in [7, 11) is 0. The van der Waals surface area contributed by atoms with Crippen LogP contribution in [0.5, 0.6) is 0 Å². The summed E-state index contributed by atoms with van der Waals surface area (Å²) < 4.78 is 11.1. The van der Waals surface area contributed by atoms with E-state index in [1.807, 2.05) is 0 Å². The van der Waals surface area contributed by atoms with Gasteiger partial charge in [0.25, 0.3) is 0 Å². The Bertz CT molecular complexity index is 1110. The molecule has 0 bridgehead atoms. The highest BCUT2D eigenvalue weighted by Crippen LogP contribution is 2.23. The third-order valence-corrected chi connectivity index (χ3v) is 13.2. The number of hydrogen-bond donors (Lipinski definition) is 8. The summed E-state index contributed by atoms with van der Waals surface area (Å²) in [6.45, 7) is 3.45. The number of carbonyl (C=O) groups is 1. The summed E-state index contributed by atoms with van der Waals surface area (Å²) in [5.41, 5.74) is 0. The van der Waals surface area contributed by atoms with Crippen LogP contribution >= 0.6 is 0 Å². The fourth-order valence-corrected chi connectivity index (χ4v) is 8.73. The lowest BCUT2D eigenvalue weighted by Gasteiger charge is -2.40. The highest BCUT2D eigenvalue weighted by molar-refractivity contribution is 5.80. The zero-order chi connectivity index (χ0) is 47.6. The SMILES string of the molecule is CCCCCCCCCCCCC/C=C\CCCCCCCCC(O)C(=O)NC(COC1OC(CO)C(O)C(O)C1O)C(O)C(O)CCC/C=C/CCCCCCCCCCCCCC. The first-order valence-electron chi connectivity index (χ1n) is 27.2. The molecule has 0 aliphatic carbocycles. The van der Waals surface area contributed by atoms with Gasteiger partial charge in [-0.25, -0.2) is 0 Å². The zero-order valence-electron chi connectivity index (χ0n) is 41.7. The van der Waals surface area contributed by atoms with Gasteiger partial charge in [-0.3, -0.25) is 4.79 Å². The van der Waals surface area contributed by atoms with E-state index in [2.05, 4.69) is 43.5 Å². The van der Waals surface area contributed by atoms with Crippen LogP contribution in [0.3, 0.4) is 0 Å². The maximum Gasteiger partial charge on any atom is 0.249 e. The van der Waals surface area contributed by atoms with Crippen LogP contribution in [0, 0.1) is 0 Å². The lowest BCUT2D eigenvalue weighted by Crippen LogP contribution is -2.60. The van der Waals surface area contributed by atoms with Crippen molar-refractivity contribution in [2.75, 3.05) is 13.2 Å². The molecule has 1 saturated heterocycles. The molecular formula is C54H103NO10. The van der Waals surface area contributed by atoms with Gasteiger partial charge in [0.1, 0.15) is 36.6 Å². The average molecular weight is 926 g/mol. The predicted octanol–water partition coefficient (Wildman–Crippen LogP) is 10.6. The predicted molar refractivity (Wildman–Crippen MR) is 266 cm³/mol. The topological polar surface area (TPSA) is 189 Å². The second kappa shape index (κ2) is 43.8. The van der Waals surface area contributed by atoms with Crippen molar-refractivity contribution in [2.45, 2.75) is 300 Å². The summed E-state index contributed by atoms with van der Waals surface area (Å²) in [4.78, 5) is 13.1.